The summed E-state index contributed by atoms with van der Waals surface area (Å²) in [6.07, 6.45) is 1.32. The van der Waals surface area contributed by atoms with Crippen molar-refractivity contribution in [2.24, 2.45) is 0 Å². The Morgan fingerprint density at radius 1 is 1.58 bits per heavy atom. The Balaban J connectivity index is 2.05. The van der Waals surface area contributed by atoms with Crippen LogP contribution in [0.4, 0.5) is 4.79 Å². The number of carboxylic acids is 1. The maximum absolute atomic E-state index is 12.4. The molecule has 1 fully saturated rings. The molecule has 0 saturated carbocycles. The first-order valence-electron chi connectivity index (χ1n) is 6.44. The van der Waals surface area contributed by atoms with E-state index in [4.69, 9.17) is 5.11 Å². The van der Waals surface area contributed by atoms with Gasteiger partial charge in [-0.05, 0) is 31.2 Å². The molecule has 2 amide bonds. The lowest BCUT2D eigenvalue weighted by atomic mass is 10.2. The Morgan fingerprint density at radius 2 is 2.37 bits per heavy atom. The van der Waals surface area contributed by atoms with Crippen LogP contribution in [0.1, 0.15) is 24.6 Å². The number of nitrogens with zero attached hydrogens (tertiary/aromatic N) is 2. The van der Waals surface area contributed by atoms with E-state index in [9.17, 15) is 9.59 Å². The average Bonchev–Trinajstić information content (AvgIpc) is 3.05. The molecule has 6 heteroatoms. The van der Waals surface area contributed by atoms with Crippen LogP contribution in [0.15, 0.2) is 17.5 Å². The molecular weight excluding hydrogens is 264 g/mol. The number of thiophene rings is 1. The van der Waals surface area contributed by atoms with Gasteiger partial charge in [-0.1, -0.05) is 6.07 Å². The highest BCUT2D eigenvalue weighted by atomic mass is 32.1. The van der Waals surface area contributed by atoms with Gasteiger partial charge in [-0.3, -0.25) is 0 Å². The molecule has 0 radical (unpaired) electrons. The van der Waals surface area contributed by atoms with Crippen LogP contribution in [-0.2, 0) is 11.3 Å². The molecule has 19 heavy (non-hydrogen) atoms. The summed E-state index contributed by atoms with van der Waals surface area (Å²) >= 11 is 1.60. The van der Waals surface area contributed by atoms with Gasteiger partial charge >= 0.3 is 12.0 Å². The molecule has 5 nitrogen and oxygen atoms in total. The van der Waals surface area contributed by atoms with E-state index in [0.717, 1.165) is 11.3 Å². The van der Waals surface area contributed by atoms with Crippen LogP contribution in [0.5, 0.6) is 0 Å². The zero-order valence-corrected chi connectivity index (χ0v) is 11.7. The summed E-state index contributed by atoms with van der Waals surface area (Å²) in [6.45, 7) is 3.59. The molecule has 1 aliphatic rings. The first-order valence-corrected chi connectivity index (χ1v) is 7.32. The minimum Gasteiger partial charge on any atom is -0.480 e. The van der Waals surface area contributed by atoms with E-state index in [2.05, 4.69) is 0 Å². The first-order chi connectivity index (χ1) is 9.13. The topological polar surface area (TPSA) is 60.9 Å². The van der Waals surface area contributed by atoms with Gasteiger partial charge in [-0.25, -0.2) is 9.59 Å². The zero-order chi connectivity index (χ0) is 13.8. The number of rotatable bonds is 4. The van der Waals surface area contributed by atoms with Gasteiger partial charge in [0, 0.05) is 18.0 Å². The number of carbonyl (C=O) groups excluding carboxylic acids is 1. The third kappa shape index (κ3) is 3.07. The second kappa shape index (κ2) is 6.06. The van der Waals surface area contributed by atoms with Crippen LogP contribution in [0.2, 0.25) is 0 Å². The summed E-state index contributed by atoms with van der Waals surface area (Å²) in [5.41, 5.74) is 0. The summed E-state index contributed by atoms with van der Waals surface area (Å²) in [7, 11) is 0. The van der Waals surface area contributed by atoms with Crippen molar-refractivity contribution in [3.05, 3.63) is 22.4 Å². The van der Waals surface area contributed by atoms with E-state index in [-0.39, 0.29) is 6.03 Å². The number of carboxylic acid groups (broad SMARTS) is 1. The molecule has 1 saturated heterocycles. The van der Waals surface area contributed by atoms with Crippen molar-refractivity contribution in [2.45, 2.75) is 32.4 Å². The van der Waals surface area contributed by atoms with E-state index in [1.165, 1.54) is 4.90 Å². The van der Waals surface area contributed by atoms with Crippen molar-refractivity contribution in [1.82, 2.24) is 9.80 Å². The maximum atomic E-state index is 12.4. The van der Waals surface area contributed by atoms with Crippen LogP contribution in [0, 0.1) is 0 Å². The van der Waals surface area contributed by atoms with Gasteiger partial charge in [0.25, 0.3) is 0 Å². The van der Waals surface area contributed by atoms with Crippen molar-refractivity contribution < 1.29 is 14.7 Å². The summed E-state index contributed by atoms with van der Waals surface area (Å²) in [5.74, 6) is -0.905. The van der Waals surface area contributed by atoms with Crippen molar-refractivity contribution in [3.63, 3.8) is 0 Å². The van der Waals surface area contributed by atoms with Crippen LogP contribution in [-0.4, -0.2) is 46.0 Å². The van der Waals surface area contributed by atoms with Gasteiger partial charge in [-0.15, -0.1) is 11.3 Å². The summed E-state index contributed by atoms with van der Waals surface area (Å²) in [6, 6.07) is 3.11. The number of hydrogen-bond donors (Lipinski definition) is 1. The van der Waals surface area contributed by atoms with Gasteiger partial charge in [0.15, 0.2) is 0 Å². The normalized spacial score (nSPS) is 18.6. The molecular formula is C13H18N2O3S. The molecule has 1 aromatic rings. The summed E-state index contributed by atoms with van der Waals surface area (Å²) in [4.78, 5) is 27.8. The van der Waals surface area contributed by atoms with E-state index in [0.29, 0.717) is 26.1 Å². The molecule has 1 aromatic heterocycles. The summed E-state index contributed by atoms with van der Waals surface area (Å²) < 4.78 is 0. The smallest absolute Gasteiger partial charge is 0.326 e. The van der Waals surface area contributed by atoms with Crippen molar-refractivity contribution in [3.8, 4) is 0 Å². The van der Waals surface area contributed by atoms with Crippen molar-refractivity contribution >= 4 is 23.3 Å². The van der Waals surface area contributed by atoms with Crippen molar-refractivity contribution in [2.75, 3.05) is 13.1 Å². The predicted octanol–water partition coefficient (Wildman–Crippen LogP) is 2.24. The third-order valence-electron chi connectivity index (χ3n) is 3.36. The quantitative estimate of drug-likeness (QED) is 0.921. The Bertz CT molecular complexity index is 447. The van der Waals surface area contributed by atoms with E-state index in [1.807, 2.05) is 24.4 Å². The van der Waals surface area contributed by atoms with Gasteiger partial charge < -0.3 is 14.9 Å². The SMILES string of the molecule is CCN(Cc1cccs1)C(=O)N1CCC[C@@H]1C(=O)O. The average molecular weight is 282 g/mol. The standard InChI is InChI=1S/C13H18N2O3S/c1-2-14(9-10-5-4-8-19-10)13(18)15-7-3-6-11(15)12(16)17/h4-5,8,11H,2-3,6-7,9H2,1H3,(H,16,17)/t11-/m1/s1. The van der Waals surface area contributed by atoms with E-state index < -0.39 is 12.0 Å². The fourth-order valence-electron chi connectivity index (χ4n) is 2.34. The lowest BCUT2D eigenvalue weighted by molar-refractivity contribution is -0.141. The monoisotopic (exact) mass is 282 g/mol. The van der Waals surface area contributed by atoms with Crippen LogP contribution < -0.4 is 0 Å². The highest BCUT2D eigenvalue weighted by molar-refractivity contribution is 7.09. The molecule has 1 atom stereocenters. The van der Waals surface area contributed by atoms with Crippen molar-refractivity contribution in [1.29, 1.82) is 0 Å². The number of amides is 2. The fourth-order valence-corrected chi connectivity index (χ4v) is 3.06. The number of aliphatic carboxylic acids is 1. The van der Waals surface area contributed by atoms with Gasteiger partial charge in [0.05, 0.1) is 6.54 Å². The van der Waals surface area contributed by atoms with Gasteiger partial charge in [0.1, 0.15) is 6.04 Å². The Labute approximate surface area is 116 Å². The molecule has 1 N–H and O–H groups in total. The molecule has 0 aromatic carbocycles. The molecule has 1 aliphatic heterocycles. The van der Waals surface area contributed by atoms with E-state index >= 15 is 0 Å². The second-order valence-corrected chi connectivity index (χ2v) is 5.60. The minimum absolute atomic E-state index is 0.166. The number of hydrogen-bond acceptors (Lipinski definition) is 3. The lowest BCUT2D eigenvalue weighted by Gasteiger charge is -2.29. The number of urea groups is 1. The van der Waals surface area contributed by atoms with Crippen LogP contribution in [0.25, 0.3) is 0 Å². The predicted molar refractivity (Wildman–Crippen MR) is 73.2 cm³/mol. The maximum Gasteiger partial charge on any atom is 0.326 e. The molecule has 0 spiro atoms. The fraction of sp³-hybridized carbons (Fsp3) is 0.538. The minimum atomic E-state index is -0.905. The third-order valence-corrected chi connectivity index (χ3v) is 4.22. The van der Waals surface area contributed by atoms with Crippen LogP contribution in [0.3, 0.4) is 0 Å². The first kappa shape index (κ1) is 13.9. The second-order valence-electron chi connectivity index (χ2n) is 4.57. The largest absolute Gasteiger partial charge is 0.480 e. The Kier molecular flexibility index (Phi) is 4.42. The zero-order valence-electron chi connectivity index (χ0n) is 10.9. The van der Waals surface area contributed by atoms with Crippen LogP contribution >= 0.6 is 11.3 Å². The summed E-state index contributed by atoms with van der Waals surface area (Å²) in [5, 5.41) is 11.1. The molecule has 0 unspecified atom stereocenters. The number of likely N-dealkylation sites (tertiary alicyclic amines) is 1. The molecule has 2 rings (SSSR count). The Hall–Kier alpha value is -1.56. The lowest BCUT2D eigenvalue weighted by Crippen LogP contribution is -2.47. The van der Waals surface area contributed by atoms with Gasteiger partial charge in [-0.2, -0.15) is 0 Å². The highest BCUT2D eigenvalue weighted by Crippen LogP contribution is 2.21. The molecule has 104 valence electrons. The molecule has 0 aliphatic carbocycles. The highest BCUT2D eigenvalue weighted by Gasteiger charge is 2.35. The molecule has 2 heterocycles. The van der Waals surface area contributed by atoms with Gasteiger partial charge in [0.2, 0.25) is 0 Å². The molecule has 0 bridgehead atoms. The number of carbonyl (C=O) groups is 2. The Morgan fingerprint density at radius 3 is 2.95 bits per heavy atom. The van der Waals surface area contributed by atoms with E-state index in [1.54, 1.807) is 16.2 Å².